The van der Waals surface area contributed by atoms with Gasteiger partial charge in [-0.25, -0.2) is 4.79 Å². The smallest absolute Gasteiger partial charge is 0.404 e. The van der Waals surface area contributed by atoms with E-state index in [1.54, 1.807) is 0 Å². The van der Waals surface area contributed by atoms with Gasteiger partial charge >= 0.3 is 6.09 Å². The number of hydrogen-bond donors (Lipinski definition) is 4. The summed E-state index contributed by atoms with van der Waals surface area (Å²) in [4.78, 5) is 13.8. The summed E-state index contributed by atoms with van der Waals surface area (Å²) >= 11 is 0. The van der Waals surface area contributed by atoms with Gasteiger partial charge in [0.1, 0.15) is 0 Å². The van der Waals surface area contributed by atoms with Crippen molar-refractivity contribution >= 4 is 11.8 Å². The molecule has 0 saturated heterocycles. The molecule has 1 aromatic heterocycles. The monoisotopic (exact) mass is 276 g/mol. The minimum absolute atomic E-state index is 0.124. The molecule has 1 heterocycles. The second-order valence-electron chi connectivity index (χ2n) is 6.21. The third kappa shape index (κ3) is 2.05. The highest BCUT2D eigenvalue weighted by Gasteiger charge is 2.54. The number of nitrogens with zero attached hydrogens (tertiary/aromatic N) is 1. The SMILES string of the molecule is Cc1cc[nH]c1C(=NN)C1CC2(CC(NC(=O)O)C2)C1. The molecule has 1 aromatic rings. The molecule has 5 N–H and O–H groups in total. The zero-order valence-corrected chi connectivity index (χ0v) is 11.5. The third-order valence-corrected chi connectivity index (χ3v) is 4.78. The molecule has 0 unspecified atom stereocenters. The summed E-state index contributed by atoms with van der Waals surface area (Å²) in [6.45, 7) is 2.04. The van der Waals surface area contributed by atoms with Crippen LogP contribution in [-0.2, 0) is 0 Å². The third-order valence-electron chi connectivity index (χ3n) is 4.78. The largest absolute Gasteiger partial charge is 0.465 e. The Morgan fingerprint density at radius 1 is 1.50 bits per heavy atom. The van der Waals surface area contributed by atoms with Crippen LogP contribution in [0, 0.1) is 18.3 Å². The van der Waals surface area contributed by atoms with Crippen molar-refractivity contribution in [3.05, 3.63) is 23.5 Å². The van der Waals surface area contributed by atoms with Gasteiger partial charge in [-0.05, 0) is 49.7 Å². The predicted molar refractivity (Wildman–Crippen MR) is 75.6 cm³/mol. The molecule has 2 saturated carbocycles. The Morgan fingerprint density at radius 2 is 2.20 bits per heavy atom. The molecule has 0 aliphatic heterocycles. The summed E-state index contributed by atoms with van der Waals surface area (Å²) in [5.41, 5.74) is 3.46. The van der Waals surface area contributed by atoms with E-state index in [1.165, 1.54) is 0 Å². The van der Waals surface area contributed by atoms with Crippen LogP contribution in [-0.4, -0.2) is 27.9 Å². The highest BCUT2D eigenvalue weighted by Crippen LogP contribution is 2.59. The molecule has 2 aliphatic rings. The van der Waals surface area contributed by atoms with Crippen LogP contribution in [0.4, 0.5) is 4.79 Å². The van der Waals surface area contributed by atoms with Gasteiger partial charge in [-0.15, -0.1) is 0 Å². The topological polar surface area (TPSA) is 104 Å². The summed E-state index contributed by atoms with van der Waals surface area (Å²) in [7, 11) is 0. The predicted octanol–water partition coefficient (Wildman–Crippen LogP) is 1.81. The van der Waals surface area contributed by atoms with Gasteiger partial charge in [-0.2, -0.15) is 5.10 Å². The lowest BCUT2D eigenvalue weighted by atomic mass is 9.49. The maximum Gasteiger partial charge on any atom is 0.404 e. The van der Waals surface area contributed by atoms with Gasteiger partial charge in [0.2, 0.25) is 0 Å². The van der Waals surface area contributed by atoms with E-state index in [-0.39, 0.29) is 6.04 Å². The van der Waals surface area contributed by atoms with Gasteiger partial charge in [-0.3, -0.25) is 0 Å². The molecule has 6 nitrogen and oxygen atoms in total. The van der Waals surface area contributed by atoms with Crippen LogP contribution in [0.2, 0.25) is 0 Å². The van der Waals surface area contributed by atoms with E-state index >= 15 is 0 Å². The van der Waals surface area contributed by atoms with Crippen LogP contribution in [0.15, 0.2) is 17.4 Å². The molecule has 20 heavy (non-hydrogen) atoms. The Hall–Kier alpha value is -1.98. The molecule has 1 amide bonds. The molecule has 0 bridgehead atoms. The van der Waals surface area contributed by atoms with E-state index in [9.17, 15) is 4.79 Å². The normalized spacial score (nSPS) is 32.5. The molecule has 2 aliphatic carbocycles. The van der Waals surface area contributed by atoms with Crippen molar-refractivity contribution in [1.29, 1.82) is 0 Å². The number of hydrazone groups is 1. The summed E-state index contributed by atoms with van der Waals surface area (Å²) in [6.07, 6.45) is 4.97. The quantitative estimate of drug-likeness (QED) is 0.384. The number of H-pyrrole nitrogens is 1. The number of carbonyl (C=O) groups is 1. The number of aromatic nitrogens is 1. The zero-order valence-electron chi connectivity index (χ0n) is 11.5. The minimum Gasteiger partial charge on any atom is -0.465 e. The number of nitrogens with one attached hydrogen (secondary N) is 2. The molecule has 6 heteroatoms. The van der Waals surface area contributed by atoms with E-state index in [0.29, 0.717) is 11.3 Å². The van der Waals surface area contributed by atoms with E-state index < -0.39 is 6.09 Å². The Labute approximate surface area is 117 Å². The maximum atomic E-state index is 10.6. The molecule has 0 aromatic carbocycles. The Morgan fingerprint density at radius 3 is 2.70 bits per heavy atom. The molecule has 1 spiro atoms. The summed E-state index contributed by atoms with van der Waals surface area (Å²) in [6, 6.07) is 2.14. The maximum absolute atomic E-state index is 10.6. The van der Waals surface area contributed by atoms with Crippen molar-refractivity contribution < 1.29 is 9.90 Å². The molecule has 108 valence electrons. The van der Waals surface area contributed by atoms with E-state index in [0.717, 1.165) is 42.7 Å². The highest BCUT2D eigenvalue weighted by molar-refractivity contribution is 6.02. The van der Waals surface area contributed by atoms with E-state index in [4.69, 9.17) is 10.9 Å². The van der Waals surface area contributed by atoms with Crippen molar-refractivity contribution in [3.63, 3.8) is 0 Å². The zero-order chi connectivity index (χ0) is 14.3. The minimum atomic E-state index is -0.924. The fraction of sp³-hybridized carbons (Fsp3) is 0.571. The van der Waals surface area contributed by atoms with Crippen molar-refractivity contribution in [1.82, 2.24) is 10.3 Å². The molecule has 3 rings (SSSR count). The van der Waals surface area contributed by atoms with Crippen LogP contribution >= 0.6 is 0 Å². The number of nitrogens with two attached hydrogens (primary N) is 1. The Balaban J connectivity index is 1.58. The van der Waals surface area contributed by atoms with E-state index in [1.807, 2.05) is 19.2 Å². The lowest BCUT2D eigenvalue weighted by Gasteiger charge is -2.57. The number of carboxylic acid groups (broad SMARTS) is 1. The highest BCUT2D eigenvalue weighted by atomic mass is 16.4. The summed E-state index contributed by atoms with van der Waals surface area (Å²) < 4.78 is 0. The molecule has 2 fully saturated rings. The first-order valence-corrected chi connectivity index (χ1v) is 6.94. The average molecular weight is 276 g/mol. The van der Waals surface area contributed by atoms with Gasteiger partial charge in [0.15, 0.2) is 0 Å². The van der Waals surface area contributed by atoms with Crippen LogP contribution in [0.1, 0.15) is 36.9 Å². The van der Waals surface area contributed by atoms with E-state index in [2.05, 4.69) is 15.4 Å². The van der Waals surface area contributed by atoms with Gasteiger partial charge in [-0.1, -0.05) is 0 Å². The number of rotatable bonds is 3. The first-order chi connectivity index (χ1) is 9.53. The van der Waals surface area contributed by atoms with Crippen LogP contribution < -0.4 is 11.2 Å². The second kappa shape index (κ2) is 4.54. The van der Waals surface area contributed by atoms with Gasteiger partial charge in [0.05, 0.1) is 11.4 Å². The second-order valence-corrected chi connectivity index (χ2v) is 6.21. The standard InChI is InChI=1S/C14H20N4O2/c1-8-2-3-16-11(8)12(18-15)9-4-14(5-9)6-10(7-14)17-13(19)20/h2-3,9-10,16-17H,4-7,15H2,1H3,(H,19,20). The Kier molecular flexibility index (Phi) is 2.96. The van der Waals surface area contributed by atoms with Crippen LogP contribution in [0.5, 0.6) is 0 Å². The van der Waals surface area contributed by atoms with Crippen molar-refractivity contribution in [3.8, 4) is 0 Å². The van der Waals surface area contributed by atoms with Crippen molar-refractivity contribution in [2.45, 2.75) is 38.6 Å². The fourth-order valence-electron chi connectivity index (χ4n) is 3.87. The van der Waals surface area contributed by atoms with Gasteiger partial charge < -0.3 is 21.2 Å². The average Bonchev–Trinajstić information content (AvgIpc) is 2.70. The lowest BCUT2D eigenvalue weighted by Crippen LogP contribution is -2.57. The summed E-state index contributed by atoms with van der Waals surface area (Å²) in [5.74, 6) is 5.95. The molecular weight excluding hydrogens is 256 g/mol. The van der Waals surface area contributed by atoms with Crippen molar-refractivity contribution in [2.24, 2.45) is 22.3 Å². The van der Waals surface area contributed by atoms with Crippen molar-refractivity contribution in [2.75, 3.05) is 0 Å². The fourth-order valence-corrected chi connectivity index (χ4v) is 3.87. The molecular formula is C14H20N4O2. The first-order valence-electron chi connectivity index (χ1n) is 6.94. The number of amides is 1. The first kappa shape index (κ1) is 13.0. The molecule has 0 radical (unpaired) electrons. The molecule has 0 atom stereocenters. The number of aromatic amines is 1. The number of hydrogen-bond acceptors (Lipinski definition) is 3. The van der Waals surface area contributed by atoms with Crippen LogP contribution in [0.25, 0.3) is 0 Å². The lowest BCUT2D eigenvalue weighted by molar-refractivity contribution is -0.0234. The van der Waals surface area contributed by atoms with Gasteiger partial charge in [0, 0.05) is 18.2 Å². The Bertz CT molecular complexity index is 549. The van der Waals surface area contributed by atoms with Gasteiger partial charge in [0.25, 0.3) is 0 Å². The summed E-state index contributed by atoms with van der Waals surface area (Å²) in [5, 5.41) is 15.2. The number of aryl methyl sites for hydroxylation is 1. The van der Waals surface area contributed by atoms with Crippen LogP contribution in [0.3, 0.4) is 0 Å².